The molecule has 1 aliphatic rings. The van der Waals surface area contributed by atoms with Gasteiger partial charge in [0.2, 0.25) is 0 Å². The molecule has 9 aromatic rings. The molecule has 0 amide bonds. The van der Waals surface area contributed by atoms with E-state index in [-0.39, 0.29) is 0 Å². The van der Waals surface area contributed by atoms with E-state index >= 15 is 0 Å². The fraction of sp³-hybridized carbons (Fsp3) is 0.0204. The third-order valence-corrected chi connectivity index (χ3v) is 11.2. The summed E-state index contributed by atoms with van der Waals surface area (Å²) in [5.74, 6) is 1.93. The molecule has 3 heterocycles. The SMILES string of the molecule is C1=Nc2c(sc3ccc(-c4cccc(-c5ccc(-c6nc(-c7ccccc7)nc(-c7ccc(-c8ccccc8)cc7)n6)cc5)c4)cc23)-c2ccccc2C1. The lowest BCUT2D eigenvalue weighted by atomic mass is 9.97. The molecule has 5 heteroatoms. The minimum Gasteiger partial charge on any atom is -0.259 e. The Morgan fingerprint density at radius 1 is 0.389 bits per heavy atom. The molecule has 0 bridgehead atoms. The Labute approximate surface area is 317 Å². The van der Waals surface area contributed by atoms with Crippen molar-refractivity contribution in [2.45, 2.75) is 6.42 Å². The van der Waals surface area contributed by atoms with E-state index in [0.717, 1.165) is 45.5 Å². The van der Waals surface area contributed by atoms with Gasteiger partial charge in [-0.25, -0.2) is 15.0 Å². The van der Waals surface area contributed by atoms with Gasteiger partial charge in [-0.1, -0.05) is 158 Å². The van der Waals surface area contributed by atoms with Gasteiger partial charge in [0.25, 0.3) is 0 Å². The summed E-state index contributed by atoms with van der Waals surface area (Å²) in [6.45, 7) is 0. The van der Waals surface area contributed by atoms with Crippen molar-refractivity contribution in [3.05, 3.63) is 181 Å². The average Bonchev–Trinajstić information content (AvgIpc) is 3.51. The van der Waals surface area contributed by atoms with E-state index < -0.39 is 0 Å². The molecule has 254 valence electrons. The fourth-order valence-electron chi connectivity index (χ4n) is 7.21. The predicted octanol–water partition coefficient (Wildman–Crippen LogP) is 13.0. The summed E-state index contributed by atoms with van der Waals surface area (Å²) in [5.41, 5.74) is 13.5. The highest BCUT2D eigenvalue weighted by Gasteiger charge is 2.19. The minimum atomic E-state index is 0.639. The van der Waals surface area contributed by atoms with Crippen molar-refractivity contribution in [3.63, 3.8) is 0 Å². The van der Waals surface area contributed by atoms with Crippen LogP contribution in [0.3, 0.4) is 0 Å². The predicted molar refractivity (Wildman–Crippen MR) is 225 cm³/mol. The Balaban J connectivity index is 0.976. The average molecular weight is 709 g/mol. The van der Waals surface area contributed by atoms with Crippen LogP contribution in [0.25, 0.3) is 88.1 Å². The highest BCUT2D eigenvalue weighted by molar-refractivity contribution is 7.23. The first-order chi connectivity index (χ1) is 26.7. The summed E-state index contributed by atoms with van der Waals surface area (Å²) >= 11 is 1.83. The highest BCUT2D eigenvalue weighted by Crippen LogP contribution is 2.47. The molecule has 0 fully saturated rings. The first-order valence-electron chi connectivity index (χ1n) is 18.1. The van der Waals surface area contributed by atoms with Gasteiger partial charge in [0.05, 0.1) is 10.6 Å². The lowest BCUT2D eigenvalue weighted by Gasteiger charge is -2.10. The summed E-state index contributed by atoms with van der Waals surface area (Å²) < 4.78 is 1.26. The molecule has 0 radical (unpaired) electrons. The summed E-state index contributed by atoms with van der Waals surface area (Å²) in [6.07, 6.45) is 2.91. The Kier molecular flexibility index (Phi) is 8.04. The van der Waals surface area contributed by atoms with E-state index in [1.54, 1.807) is 0 Å². The van der Waals surface area contributed by atoms with Gasteiger partial charge in [0.15, 0.2) is 17.5 Å². The van der Waals surface area contributed by atoms with E-state index in [4.69, 9.17) is 19.9 Å². The second-order valence-electron chi connectivity index (χ2n) is 13.4. The quantitative estimate of drug-likeness (QED) is 0.173. The van der Waals surface area contributed by atoms with Crippen molar-refractivity contribution in [3.8, 4) is 78.0 Å². The van der Waals surface area contributed by atoms with E-state index in [2.05, 4.69) is 146 Å². The number of thiophene rings is 1. The van der Waals surface area contributed by atoms with Crippen molar-refractivity contribution in [2.24, 2.45) is 4.99 Å². The van der Waals surface area contributed by atoms with Crippen LogP contribution >= 0.6 is 11.3 Å². The topological polar surface area (TPSA) is 51.0 Å². The molecular formula is C49H32N4S. The Morgan fingerprint density at radius 3 is 1.52 bits per heavy atom. The summed E-state index contributed by atoms with van der Waals surface area (Å²) in [5, 5.41) is 1.20. The largest absolute Gasteiger partial charge is 0.259 e. The maximum Gasteiger partial charge on any atom is 0.164 e. The summed E-state index contributed by atoms with van der Waals surface area (Å²) in [7, 11) is 0. The molecule has 1 aliphatic heterocycles. The van der Waals surface area contributed by atoms with Crippen molar-refractivity contribution >= 4 is 33.3 Å². The van der Waals surface area contributed by atoms with Crippen molar-refractivity contribution < 1.29 is 0 Å². The monoisotopic (exact) mass is 708 g/mol. The first-order valence-corrected chi connectivity index (χ1v) is 18.9. The lowest BCUT2D eigenvalue weighted by Crippen LogP contribution is -2.00. The zero-order valence-electron chi connectivity index (χ0n) is 29.2. The van der Waals surface area contributed by atoms with Crippen LogP contribution in [0.5, 0.6) is 0 Å². The van der Waals surface area contributed by atoms with Crippen LogP contribution in [0.15, 0.2) is 181 Å². The van der Waals surface area contributed by atoms with Crippen LogP contribution in [0.1, 0.15) is 5.56 Å². The molecule has 4 nitrogen and oxygen atoms in total. The minimum absolute atomic E-state index is 0.639. The second kappa shape index (κ2) is 13.6. The molecule has 0 spiro atoms. The standard InChI is InChI=1S/C49H32N4S/c1-3-10-32(11-4-1)33-18-22-37(23-19-33)48-51-47(36-13-5-2-6-14-36)52-49(53-48)38-24-20-34(21-25-38)39-15-9-16-40(30-39)41-26-27-44-43(31-41)45-46(54-44)42-17-8-7-12-35(42)28-29-50-45/h1-27,29-31H,28H2. The Hall–Kier alpha value is -6.82. The van der Waals surface area contributed by atoms with Crippen LogP contribution in [0, 0.1) is 0 Å². The van der Waals surface area contributed by atoms with Gasteiger partial charge in [0.1, 0.15) is 0 Å². The molecule has 0 N–H and O–H groups in total. The third kappa shape index (κ3) is 6.01. The van der Waals surface area contributed by atoms with Crippen molar-refractivity contribution in [1.29, 1.82) is 0 Å². The number of rotatable bonds is 6. The van der Waals surface area contributed by atoms with Crippen LogP contribution < -0.4 is 0 Å². The van der Waals surface area contributed by atoms with E-state index in [1.807, 2.05) is 47.7 Å². The molecule has 0 aliphatic carbocycles. The van der Waals surface area contributed by atoms with Crippen LogP contribution in [0.2, 0.25) is 0 Å². The van der Waals surface area contributed by atoms with E-state index in [9.17, 15) is 0 Å². The van der Waals surface area contributed by atoms with Crippen LogP contribution in [0.4, 0.5) is 5.69 Å². The van der Waals surface area contributed by atoms with Gasteiger partial charge in [-0.15, -0.1) is 11.3 Å². The zero-order valence-corrected chi connectivity index (χ0v) is 30.0. The molecular weight excluding hydrogens is 677 g/mol. The lowest BCUT2D eigenvalue weighted by molar-refractivity contribution is 1.07. The molecule has 2 aromatic heterocycles. The number of hydrogen-bond acceptors (Lipinski definition) is 5. The number of fused-ring (bicyclic) bond motifs is 5. The highest BCUT2D eigenvalue weighted by atomic mass is 32.1. The molecule has 0 atom stereocenters. The number of aromatic nitrogens is 3. The van der Waals surface area contributed by atoms with Crippen molar-refractivity contribution in [1.82, 2.24) is 15.0 Å². The smallest absolute Gasteiger partial charge is 0.164 e. The van der Waals surface area contributed by atoms with Gasteiger partial charge < -0.3 is 0 Å². The number of hydrogen-bond donors (Lipinski definition) is 0. The van der Waals surface area contributed by atoms with Gasteiger partial charge in [-0.3, -0.25) is 4.99 Å². The summed E-state index contributed by atoms with van der Waals surface area (Å²) in [6, 6.07) is 61.7. The van der Waals surface area contributed by atoms with Crippen LogP contribution in [-0.2, 0) is 6.42 Å². The van der Waals surface area contributed by atoms with Gasteiger partial charge in [-0.05, 0) is 62.7 Å². The van der Waals surface area contributed by atoms with Gasteiger partial charge in [-0.2, -0.15) is 0 Å². The van der Waals surface area contributed by atoms with Crippen molar-refractivity contribution in [2.75, 3.05) is 0 Å². The zero-order chi connectivity index (χ0) is 35.8. The molecule has 54 heavy (non-hydrogen) atoms. The third-order valence-electron chi connectivity index (χ3n) is 10.0. The van der Waals surface area contributed by atoms with E-state index in [0.29, 0.717) is 17.5 Å². The number of nitrogens with zero attached hydrogens (tertiary/aromatic N) is 4. The molecule has 0 unspecified atom stereocenters. The second-order valence-corrected chi connectivity index (χ2v) is 14.5. The van der Waals surface area contributed by atoms with Gasteiger partial charge >= 0.3 is 0 Å². The number of aliphatic imine (C=N–C) groups is 1. The summed E-state index contributed by atoms with van der Waals surface area (Å²) in [4.78, 5) is 21.1. The van der Waals surface area contributed by atoms with E-state index in [1.165, 1.54) is 42.8 Å². The Morgan fingerprint density at radius 2 is 0.852 bits per heavy atom. The number of benzene rings is 7. The molecule has 0 saturated heterocycles. The fourth-order valence-corrected chi connectivity index (χ4v) is 8.40. The Bertz CT molecular complexity index is 2820. The molecule has 0 saturated carbocycles. The van der Waals surface area contributed by atoms with Crippen LogP contribution in [-0.4, -0.2) is 21.2 Å². The van der Waals surface area contributed by atoms with Gasteiger partial charge in [0, 0.05) is 39.4 Å². The maximum atomic E-state index is 5.00. The molecule has 10 rings (SSSR count). The normalized spacial score (nSPS) is 11.9. The molecule has 7 aromatic carbocycles. The first kappa shape index (κ1) is 31.9. The maximum absolute atomic E-state index is 5.00.